The molecule has 0 radical (unpaired) electrons. The molecule has 6 heteroatoms. The lowest BCUT2D eigenvalue weighted by molar-refractivity contribution is 0.0727. The van der Waals surface area contributed by atoms with Crippen molar-refractivity contribution in [1.82, 2.24) is 4.90 Å². The van der Waals surface area contributed by atoms with Gasteiger partial charge in [-0.25, -0.2) is 8.42 Å². The predicted molar refractivity (Wildman–Crippen MR) is 107 cm³/mol. The van der Waals surface area contributed by atoms with Gasteiger partial charge in [-0.3, -0.25) is 9.10 Å². The molecular formula is C21H26N2O3S. The zero-order valence-corrected chi connectivity index (χ0v) is 17.0. The monoisotopic (exact) mass is 386 g/mol. The number of carbonyl (C=O) groups excluding carboxylic acids is 1. The highest BCUT2D eigenvalue weighted by Gasteiger charge is 2.33. The minimum absolute atomic E-state index is 0.115. The normalized spacial score (nSPS) is 15.3. The Morgan fingerprint density at radius 3 is 2.30 bits per heavy atom. The molecule has 1 saturated carbocycles. The smallest absolute Gasteiger partial charge is 0.264 e. The molecule has 0 aromatic heterocycles. The van der Waals surface area contributed by atoms with Crippen LogP contribution in [-0.2, 0) is 10.0 Å². The third-order valence-corrected chi connectivity index (χ3v) is 7.15. The molecule has 144 valence electrons. The fraction of sp³-hybridized carbons (Fsp3) is 0.381. The minimum Gasteiger partial charge on any atom is -0.339 e. The molecule has 27 heavy (non-hydrogen) atoms. The van der Waals surface area contributed by atoms with Crippen LogP contribution in [0.5, 0.6) is 0 Å². The van der Waals surface area contributed by atoms with Crippen LogP contribution in [0, 0.1) is 12.8 Å². The topological polar surface area (TPSA) is 57.7 Å². The third-order valence-electron chi connectivity index (χ3n) is 5.37. The molecule has 1 aliphatic rings. The standard InChI is InChI=1S/C21H26N2O3S/c1-15-8-12-19(13-9-15)23(4)27(25,26)20-7-5-6-18(14-20)21(24)22(3)16(2)17-10-11-17/h5-9,12-14,16-17H,10-11H2,1-4H3. The molecule has 0 heterocycles. The van der Waals surface area contributed by atoms with Crippen molar-refractivity contribution in [2.24, 2.45) is 5.92 Å². The van der Waals surface area contributed by atoms with E-state index in [-0.39, 0.29) is 16.8 Å². The van der Waals surface area contributed by atoms with Gasteiger partial charge >= 0.3 is 0 Å². The average molecular weight is 387 g/mol. The zero-order chi connectivity index (χ0) is 19.8. The maximum Gasteiger partial charge on any atom is 0.264 e. The molecule has 0 spiro atoms. The van der Waals surface area contributed by atoms with Gasteiger partial charge < -0.3 is 4.90 Å². The number of rotatable bonds is 6. The first kappa shape index (κ1) is 19.4. The number of sulfonamides is 1. The largest absolute Gasteiger partial charge is 0.339 e. The molecule has 0 saturated heterocycles. The molecule has 0 N–H and O–H groups in total. The van der Waals surface area contributed by atoms with E-state index in [1.807, 2.05) is 26.0 Å². The maximum atomic E-state index is 13.0. The van der Waals surface area contributed by atoms with Crippen molar-refractivity contribution in [3.63, 3.8) is 0 Å². The Bertz CT molecular complexity index is 934. The van der Waals surface area contributed by atoms with Crippen molar-refractivity contribution >= 4 is 21.6 Å². The van der Waals surface area contributed by atoms with Gasteiger partial charge in [-0.15, -0.1) is 0 Å². The number of hydrogen-bond donors (Lipinski definition) is 0. The summed E-state index contributed by atoms with van der Waals surface area (Å²) in [6.45, 7) is 3.99. The van der Waals surface area contributed by atoms with Crippen molar-refractivity contribution in [1.29, 1.82) is 0 Å². The number of amides is 1. The molecular weight excluding hydrogens is 360 g/mol. The molecule has 1 fully saturated rings. The molecule has 1 aliphatic carbocycles. The first-order valence-electron chi connectivity index (χ1n) is 9.14. The summed E-state index contributed by atoms with van der Waals surface area (Å²) in [6.07, 6.45) is 2.29. The number of hydrogen-bond acceptors (Lipinski definition) is 3. The molecule has 0 bridgehead atoms. The van der Waals surface area contributed by atoms with E-state index >= 15 is 0 Å². The lowest BCUT2D eigenvalue weighted by atomic mass is 10.1. The van der Waals surface area contributed by atoms with Crippen LogP contribution in [-0.4, -0.2) is 39.4 Å². The van der Waals surface area contributed by atoms with E-state index in [0.29, 0.717) is 17.2 Å². The second-order valence-corrected chi connectivity index (χ2v) is 9.30. The van der Waals surface area contributed by atoms with Gasteiger partial charge in [0.1, 0.15) is 0 Å². The Labute approximate surface area is 161 Å². The van der Waals surface area contributed by atoms with Crippen LogP contribution in [0.15, 0.2) is 53.4 Å². The van der Waals surface area contributed by atoms with Gasteiger partial charge in [-0.05, 0) is 62.9 Å². The quantitative estimate of drug-likeness (QED) is 0.761. The highest BCUT2D eigenvalue weighted by atomic mass is 32.2. The number of carbonyl (C=O) groups is 1. The van der Waals surface area contributed by atoms with E-state index < -0.39 is 10.0 Å². The number of aryl methyl sites for hydroxylation is 1. The van der Waals surface area contributed by atoms with Crippen LogP contribution >= 0.6 is 0 Å². The Kier molecular flexibility index (Phi) is 5.29. The first-order chi connectivity index (χ1) is 12.7. The van der Waals surface area contributed by atoms with E-state index in [2.05, 4.69) is 0 Å². The summed E-state index contributed by atoms with van der Waals surface area (Å²) in [7, 11) is -0.442. The zero-order valence-electron chi connectivity index (χ0n) is 16.2. The molecule has 5 nitrogen and oxygen atoms in total. The summed E-state index contributed by atoms with van der Waals surface area (Å²) in [6, 6.07) is 13.7. The Morgan fingerprint density at radius 1 is 1.07 bits per heavy atom. The fourth-order valence-electron chi connectivity index (χ4n) is 3.12. The summed E-state index contributed by atoms with van der Waals surface area (Å²) in [5.41, 5.74) is 2.03. The van der Waals surface area contributed by atoms with Crippen LogP contribution in [0.1, 0.15) is 35.7 Å². The summed E-state index contributed by atoms with van der Waals surface area (Å²) < 4.78 is 27.3. The van der Waals surface area contributed by atoms with E-state index in [1.165, 1.54) is 23.5 Å². The van der Waals surface area contributed by atoms with Crippen molar-refractivity contribution in [3.8, 4) is 0 Å². The van der Waals surface area contributed by atoms with E-state index in [9.17, 15) is 13.2 Å². The van der Waals surface area contributed by atoms with Crippen LogP contribution in [0.2, 0.25) is 0 Å². The van der Waals surface area contributed by atoms with Crippen molar-refractivity contribution < 1.29 is 13.2 Å². The van der Waals surface area contributed by atoms with Crippen LogP contribution in [0.3, 0.4) is 0 Å². The van der Waals surface area contributed by atoms with Crippen molar-refractivity contribution in [2.45, 2.75) is 37.6 Å². The molecule has 3 rings (SSSR count). The van der Waals surface area contributed by atoms with Crippen molar-refractivity contribution in [2.75, 3.05) is 18.4 Å². The molecule has 1 unspecified atom stereocenters. The van der Waals surface area contributed by atoms with Crippen molar-refractivity contribution in [3.05, 3.63) is 59.7 Å². The predicted octanol–water partition coefficient (Wildman–Crippen LogP) is 3.69. The highest BCUT2D eigenvalue weighted by molar-refractivity contribution is 7.92. The van der Waals surface area contributed by atoms with Crippen LogP contribution in [0.25, 0.3) is 0 Å². The second kappa shape index (κ2) is 7.35. The number of benzene rings is 2. The van der Waals surface area contributed by atoms with Gasteiger partial charge in [-0.1, -0.05) is 23.8 Å². The molecule has 1 atom stereocenters. The molecule has 1 amide bonds. The van der Waals surface area contributed by atoms with E-state index in [0.717, 1.165) is 18.4 Å². The highest BCUT2D eigenvalue weighted by Crippen LogP contribution is 2.35. The van der Waals surface area contributed by atoms with Gasteiger partial charge in [0.15, 0.2) is 0 Å². The van der Waals surface area contributed by atoms with E-state index in [4.69, 9.17) is 0 Å². The van der Waals surface area contributed by atoms with Gasteiger partial charge in [-0.2, -0.15) is 0 Å². The summed E-state index contributed by atoms with van der Waals surface area (Å²) in [4.78, 5) is 14.6. The van der Waals surface area contributed by atoms with Gasteiger partial charge in [0, 0.05) is 25.7 Å². The lowest BCUT2D eigenvalue weighted by Gasteiger charge is -2.25. The lowest BCUT2D eigenvalue weighted by Crippen LogP contribution is -2.36. The number of anilines is 1. The Balaban J connectivity index is 1.87. The van der Waals surface area contributed by atoms with Gasteiger partial charge in [0.05, 0.1) is 10.6 Å². The van der Waals surface area contributed by atoms with Gasteiger partial charge in [0.25, 0.3) is 15.9 Å². The molecule has 2 aromatic rings. The minimum atomic E-state index is -3.75. The second-order valence-electron chi connectivity index (χ2n) is 7.33. The van der Waals surface area contributed by atoms with Gasteiger partial charge in [0.2, 0.25) is 0 Å². The first-order valence-corrected chi connectivity index (χ1v) is 10.6. The maximum absolute atomic E-state index is 13.0. The average Bonchev–Trinajstić information content (AvgIpc) is 3.51. The Hall–Kier alpha value is -2.34. The molecule has 0 aliphatic heterocycles. The fourth-order valence-corrected chi connectivity index (χ4v) is 4.37. The molecule has 2 aromatic carbocycles. The number of nitrogens with zero attached hydrogens (tertiary/aromatic N) is 2. The SMILES string of the molecule is Cc1ccc(N(C)S(=O)(=O)c2cccc(C(=O)N(C)C(C)C3CC3)c2)cc1. The third kappa shape index (κ3) is 4.00. The van der Waals surface area contributed by atoms with Crippen LogP contribution in [0.4, 0.5) is 5.69 Å². The summed E-state index contributed by atoms with van der Waals surface area (Å²) in [5, 5.41) is 0. The summed E-state index contributed by atoms with van der Waals surface area (Å²) in [5.74, 6) is 0.406. The van der Waals surface area contributed by atoms with Crippen LogP contribution < -0.4 is 4.31 Å². The Morgan fingerprint density at radius 2 is 1.70 bits per heavy atom. The van der Waals surface area contributed by atoms with E-state index in [1.54, 1.807) is 36.2 Å². The summed E-state index contributed by atoms with van der Waals surface area (Å²) >= 11 is 0.